The Labute approximate surface area is 47.8 Å². The second-order valence-electron chi connectivity index (χ2n) is 1.37. The molecule has 0 unspecified atom stereocenters. The zero-order valence-corrected chi connectivity index (χ0v) is 4.72. The molecule has 0 aromatic heterocycles. The fraction of sp³-hybridized carbons (Fsp3) is 0.400. The summed E-state index contributed by atoms with van der Waals surface area (Å²) in [5, 5.41) is 8.23. The first-order valence-corrected chi connectivity index (χ1v) is 2.35. The fourth-order valence-electron chi connectivity index (χ4n) is 0.329. The van der Waals surface area contributed by atoms with Crippen molar-refractivity contribution in [2.45, 2.75) is 13.3 Å². The zero-order chi connectivity index (χ0) is 6.57. The number of carbonyl (C=O) groups is 1. The van der Waals surface area contributed by atoms with Crippen molar-refractivity contribution in [2.24, 2.45) is 5.73 Å². The lowest BCUT2D eigenvalue weighted by Gasteiger charge is -1.91. The molecule has 0 aromatic carbocycles. The number of amides is 1. The molecule has 1 amide bonds. The topological polar surface area (TPSA) is 63.3 Å². The summed E-state index contributed by atoms with van der Waals surface area (Å²) in [6.07, 6.45) is 1.22. The number of nitrogens with two attached hydrogens (primary N) is 1. The minimum atomic E-state index is -0.560. The smallest absolute Gasteiger partial charge is 0.247 e. The van der Waals surface area contributed by atoms with Crippen molar-refractivity contribution in [1.29, 1.82) is 0 Å². The highest BCUT2D eigenvalue weighted by Gasteiger charge is 1.98. The molecule has 8 heavy (non-hydrogen) atoms. The number of rotatable bonds is 2. The quantitative estimate of drug-likeness (QED) is 0.402. The molecule has 46 valence electrons. The second kappa shape index (κ2) is 3.07. The maximum absolute atomic E-state index is 10.2. The summed E-state index contributed by atoms with van der Waals surface area (Å²) in [5.41, 5.74) is 5.05. The Bertz CT molecular complexity index is 118. The van der Waals surface area contributed by atoms with E-state index >= 15 is 0 Å². The van der Waals surface area contributed by atoms with Crippen LogP contribution in [0.25, 0.3) is 0 Å². The predicted molar refractivity (Wildman–Crippen MR) is 30.2 cm³/mol. The van der Waals surface area contributed by atoms with Crippen LogP contribution < -0.4 is 5.73 Å². The summed E-state index contributed by atoms with van der Waals surface area (Å²) >= 11 is 0. The van der Waals surface area contributed by atoms with Crippen LogP contribution in [0.5, 0.6) is 0 Å². The van der Waals surface area contributed by atoms with Gasteiger partial charge < -0.3 is 10.8 Å². The lowest BCUT2D eigenvalue weighted by molar-refractivity contribution is -0.114. The first-order valence-electron chi connectivity index (χ1n) is 2.35. The van der Waals surface area contributed by atoms with Crippen LogP contribution >= 0.6 is 0 Å². The average molecular weight is 115 g/mol. The van der Waals surface area contributed by atoms with Gasteiger partial charge in [-0.05, 0) is 6.42 Å². The summed E-state index contributed by atoms with van der Waals surface area (Å²) in [7, 11) is 0. The molecule has 0 rings (SSSR count). The van der Waals surface area contributed by atoms with E-state index in [9.17, 15) is 4.79 Å². The molecule has 0 aliphatic rings. The van der Waals surface area contributed by atoms with Crippen molar-refractivity contribution in [3.05, 3.63) is 11.8 Å². The highest BCUT2D eigenvalue weighted by molar-refractivity contribution is 5.91. The van der Waals surface area contributed by atoms with Crippen molar-refractivity contribution >= 4 is 5.91 Å². The molecule has 0 heterocycles. The summed E-state index contributed by atoms with van der Waals surface area (Å²) in [4.78, 5) is 10.2. The molecule has 3 nitrogen and oxygen atoms in total. The van der Waals surface area contributed by atoms with E-state index in [0.717, 1.165) is 6.26 Å². The van der Waals surface area contributed by atoms with Gasteiger partial charge in [0.2, 0.25) is 5.91 Å². The first kappa shape index (κ1) is 7.01. The van der Waals surface area contributed by atoms with E-state index in [1.165, 1.54) is 0 Å². The van der Waals surface area contributed by atoms with Gasteiger partial charge in [-0.25, -0.2) is 0 Å². The lowest BCUT2D eigenvalue weighted by atomic mass is 10.2. The molecule has 0 spiro atoms. The third-order valence-electron chi connectivity index (χ3n) is 0.853. The lowest BCUT2D eigenvalue weighted by Crippen LogP contribution is -2.13. The number of aliphatic hydroxyl groups is 1. The van der Waals surface area contributed by atoms with Gasteiger partial charge in [0.15, 0.2) is 0 Å². The van der Waals surface area contributed by atoms with Crippen LogP contribution in [0.1, 0.15) is 13.3 Å². The molecule has 0 aromatic rings. The van der Waals surface area contributed by atoms with Gasteiger partial charge in [0.1, 0.15) is 0 Å². The Balaban J connectivity index is 3.92. The van der Waals surface area contributed by atoms with Crippen LogP contribution in [0.2, 0.25) is 0 Å². The Morgan fingerprint density at radius 1 is 1.88 bits per heavy atom. The van der Waals surface area contributed by atoms with Crippen LogP contribution in [-0.4, -0.2) is 11.0 Å². The molecule has 0 atom stereocenters. The van der Waals surface area contributed by atoms with Gasteiger partial charge in [0.25, 0.3) is 0 Å². The Morgan fingerprint density at radius 2 is 2.38 bits per heavy atom. The third kappa shape index (κ3) is 1.64. The zero-order valence-electron chi connectivity index (χ0n) is 4.72. The number of hydrogen-bond acceptors (Lipinski definition) is 2. The van der Waals surface area contributed by atoms with Gasteiger partial charge in [0.05, 0.1) is 11.8 Å². The number of carbonyl (C=O) groups excluding carboxylic acids is 1. The molecular weight excluding hydrogens is 106 g/mol. The van der Waals surface area contributed by atoms with Gasteiger partial charge in [-0.15, -0.1) is 0 Å². The van der Waals surface area contributed by atoms with Crippen molar-refractivity contribution in [3.63, 3.8) is 0 Å². The van der Waals surface area contributed by atoms with Crippen molar-refractivity contribution in [1.82, 2.24) is 0 Å². The molecule has 0 aliphatic carbocycles. The molecule has 3 heteroatoms. The van der Waals surface area contributed by atoms with Gasteiger partial charge in [-0.1, -0.05) is 6.92 Å². The van der Waals surface area contributed by atoms with Crippen LogP contribution in [0.3, 0.4) is 0 Å². The van der Waals surface area contributed by atoms with Gasteiger partial charge in [0, 0.05) is 0 Å². The monoisotopic (exact) mass is 115 g/mol. The molecule has 0 aliphatic heterocycles. The fourth-order valence-corrected chi connectivity index (χ4v) is 0.329. The standard InChI is InChI=1S/C5H9NO2/c1-2-4(3-7)5(6)8/h3,7H,2H2,1H3,(H2,6,8). The maximum Gasteiger partial charge on any atom is 0.247 e. The maximum atomic E-state index is 10.2. The highest BCUT2D eigenvalue weighted by atomic mass is 16.2. The van der Waals surface area contributed by atoms with E-state index in [0.29, 0.717) is 6.42 Å². The molecule has 3 N–H and O–H groups in total. The van der Waals surface area contributed by atoms with E-state index in [1.54, 1.807) is 6.92 Å². The molecular formula is C5H9NO2. The van der Waals surface area contributed by atoms with Gasteiger partial charge in [-0.2, -0.15) is 0 Å². The SMILES string of the molecule is CCC(=CO)C(N)=O. The van der Waals surface area contributed by atoms with E-state index in [-0.39, 0.29) is 5.57 Å². The Morgan fingerprint density at radius 3 is 2.38 bits per heavy atom. The van der Waals surface area contributed by atoms with Crippen molar-refractivity contribution in [3.8, 4) is 0 Å². The molecule has 0 saturated heterocycles. The summed E-state index contributed by atoms with van der Waals surface area (Å²) in [5.74, 6) is -0.560. The minimum absolute atomic E-state index is 0.255. The van der Waals surface area contributed by atoms with Crippen LogP contribution in [0.15, 0.2) is 11.8 Å². The number of hydrogen-bond donors (Lipinski definition) is 2. The third-order valence-corrected chi connectivity index (χ3v) is 0.853. The number of primary amides is 1. The summed E-state index contributed by atoms with van der Waals surface area (Å²) in [6.45, 7) is 1.74. The second-order valence-corrected chi connectivity index (χ2v) is 1.37. The van der Waals surface area contributed by atoms with E-state index in [1.807, 2.05) is 0 Å². The largest absolute Gasteiger partial charge is 0.515 e. The minimum Gasteiger partial charge on any atom is -0.515 e. The summed E-state index contributed by atoms with van der Waals surface area (Å²) in [6, 6.07) is 0. The van der Waals surface area contributed by atoms with E-state index in [2.05, 4.69) is 0 Å². The van der Waals surface area contributed by atoms with E-state index in [4.69, 9.17) is 10.8 Å². The summed E-state index contributed by atoms with van der Waals surface area (Å²) < 4.78 is 0. The normalized spacial score (nSPS) is 11.4. The predicted octanol–water partition coefficient (Wildman–Crippen LogP) is 0.324. The molecule has 0 bridgehead atoms. The number of aliphatic hydroxyl groups excluding tert-OH is 1. The Hall–Kier alpha value is -0.990. The first-order chi connectivity index (χ1) is 3.72. The van der Waals surface area contributed by atoms with Crippen LogP contribution in [0, 0.1) is 0 Å². The molecule has 0 saturated carbocycles. The molecule has 0 radical (unpaired) electrons. The average Bonchev–Trinajstić information content (AvgIpc) is 1.69. The van der Waals surface area contributed by atoms with Crippen LogP contribution in [-0.2, 0) is 4.79 Å². The van der Waals surface area contributed by atoms with Crippen LogP contribution in [0.4, 0.5) is 0 Å². The molecule has 0 fully saturated rings. The Kier molecular flexibility index (Phi) is 2.69. The van der Waals surface area contributed by atoms with Crippen molar-refractivity contribution in [2.75, 3.05) is 0 Å². The van der Waals surface area contributed by atoms with Gasteiger partial charge in [-0.3, -0.25) is 4.79 Å². The van der Waals surface area contributed by atoms with Crippen molar-refractivity contribution < 1.29 is 9.90 Å². The van der Waals surface area contributed by atoms with E-state index < -0.39 is 5.91 Å². The van der Waals surface area contributed by atoms with Gasteiger partial charge >= 0.3 is 0 Å². The highest BCUT2D eigenvalue weighted by Crippen LogP contribution is 1.95.